The average Bonchev–Trinajstić information content (AvgIpc) is 2.81. The van der Waals surface area contributed by atoms with Crippen LogP contribution < -0.4 is 10.6 Å². The van der Waals surface area contributed by atoms with Crippen molar-refractivity contribution >= 4 is 17.4 Å². The molecule has 96 valence electrons. The van der Waals surface area contributed by atoms with Gasteiger partial charge < -0.3 is 15.4 Å². The lowest BCUT2D eigenvalue weighted by atomic mass is 10.3. The third-order valence-electron chi connectivity index (χ3n) is 2.17. The van der Waals surface area contributed by atoms with E-state index in [1.807, 2.05) is 6.92 Å². The standard InChI is InChI=1S/C10H18N4O2S/c1-3-8-9(17-14-13-8)10(15)12-5-4-11-6-7-16-2/h11H,3-7H2,1-2H3,(H,12,15). The van der Waals surface area contributed by atoms with Gasteiger partial charge >= 0.3 is 0 Å². The molecule has 0 atom stereocenters. The van der Waals surface area contributed by atoms with E-state index in [4.69, 9.17) is 4.74 Å². The van der Waals surface area contributed by atoms with Gasteiger partial charge in [0.25, 0.3) is 5.91 Å². The highest BCUT2D eigenvalue weighted by atomic mass is 32.1. The summed E-state index contributed by atoms with van der Waals surface area (Å²) >= 11 is 1.14. The number of rotatable bonds is 8. The highest BCUT2D eigenvalue weighted by Gasteiger charge is 2.13. The van der Waals surface area contributed by atoms with E-state index in [2.05, 4.69) is 20.2 Å². The monoisotopic (exact) mass is 258 g/mol. The predicted octanol–water partition coefficient (Wildman–Crippen LogP) is 0.0663. The van der Waals surface area contributed by atoms with Crippen molar-refractivity contribution in [3.8, 4) is 0 Å². The summed E-state index contributed by atoms with van der Waals surface area (Å²) in [6, 6.07) is 0. The Balaban J connectivity index is 2.21. The SMILES string of the molecule is CCc1nnsc1C(=O)NCCNCCOC. The van der Waals surface area contributed by atoms with Crippen molar-refractivity contribution in [1.82, 2.24) is 20.2 Å². The fraction of sp³-hybridized carbons (Fsp3) is 0.700. The number of ether oxygens (including phenoxy) is 1. The van der Waals surface area contributed by atoms with Crippen molar-refractivity contribution in [2.75, 3.05) is 33.4 Å². The van der Waals surface area contributed by atoms with Crippen LogP contribution in [0.15, 0.2) is 0 Å². The Kier molecular flexibility index (Phi) is 6.68. The predicted molar refractivity (Wildman–Crippen MR) is 66.4 cm³/mol. The zero-order valence-corrected chi connectivity index (χ0v) is 11.0. The second-order valence-electron chi connectivity index (χ2n) is 3.40. The van der Waals surface area contributed by atoms with Crippen molar-refractivity contribution in [3.05, 3.63) is 10.6 Å². The van der Waals surface area contributed by atoms with Gasteiger partial charge in [0.15, 0.2) is 0 Å². The maximum Gasteiger partial charge on any atom is 0.264 e. The van der Waals surface area contributed by atoms with Crippen molar-refractivity contribution in [1.29, 1.82) is 0 Å². The van der Waals surface area contributed by atoms with Gasteiger partial charge in [-0.3, -0.25) is 4.79 Å². The van der Waals surface area contributed by atoms with Gasteiger partial charge in [-0.25, -0.2) is 0 Å². The first kappa shape index (κ1) is 14.0. The molecule has 0 bridgehead atoms. The van der Waals surface area contributed by atoms with Gasteiger partial charge in [-0.05, 0) is 18.0 Å². The molecule has 0 unspecified atom stereocenters. The number of hydrogen-bond acceptors (Lipinski definition) is 6. The smallest absolute Gasteiger partial charge is 0.264 e. The van der Waals surface area contributed by atoms with Crippen LogP contribution in [-0.2, 0) is 11.2 Å². The molecule has 1 aromatic heterocycles. The minimum absolute atomic E-state index is 0.0922. The maximum atomic E-state index is 11.7. The van der Waals surface area contributed by atoms with Gasteiger partial charge in [0.05, 0.1) is 12.3 Å². The summed E-state index contributed by atoms with van der Waals surface area (Å²) in [6.07, 6.45) is 0.728. The molecule has 2 N–H and O–H groups in total. The van der Waals surface area contributed by atoms with Gasteiger partial charge in [0.2, 0.25) is 0 Å². The van der Waals surface area contributed by atoms with Crippen LogP contribution >= 0.6 is 11.5 Å². The van der Waals surface area contributed by atoms with Crippen LogP contribution in [0, 0.1) is 0 Å². The Hall–Kier alpha value is -1.05. The molecule has 1 amide bonds. The summed E-state index contributed by atoms with van der Waals surface area (Å²) in [5, 5.41) is 9.87. The summed E-state index contributed by atoms with van der Waals surface area (Å²) in [5.74, 6) is -0.0922. The number of methoxy groups -OCH3 is 1. The lowest BCUT2D eigenvalue weighted by Gasteiger charge is -2.05. The normalized spacial score (nSPS) is 10.5. The first-order valence-electron chi connectivity index (χ1n) is 5.58. The van der Waals surface area contributed by atoms with Gasteiger partial charge in [-0.1, -0.05) is 11.4 Å². The third-order valence-corrected chi connectivity index (χ3v) is 2.93. The molecule has 1 heterocycles. The molecule has 6 nitrogen and oxygen atoms in total. The van der Waals surface area contributed by atoms with Gasteiger partial charge in [-0.15, -0.1) is 5.10 Å². The molecule has 0 aromatic carbocycles. The molecule has 17 heavy (non-hydrogen) atoms. The number of carbonyl (C=O) groups excluding carboxylic acids is 1. The number of nitrogens with one attached hydrogen (secondary N) is 2. The number of hydrogen-bond donors (Lipinski definition) is 2. The lowest BCUT2D eigenvalue weighted by molar-refractivity contribution is 0.0956. The number of carbonyl (C=O) groups is 1. The Morgan fingerprint density at radius 1 is 1.41 bits per heavy atom. The van der Waals surface area contributed by atoms with Crippen LogP contribution in [0.4, 0.5) is 0 Å². The largest absolute Gasteiger partial charge is 0.383 e. The molecule has 0 aliphatic heterocycles. The second kappa shape index (κ2) is 8.10. The topological polar surface area (TPSA) is 76.1 Å². The van der Waals surface area contributed by atoms with Crippen molar-refractivity contribution < 1.29 is 9.53 Å². The van der Waals surface area contributed by atoms with E-state index in [1.54, 1.807) is 7.11 Å². The minimum Gasteiger partial charge on any atom is -0.383 e. The Bertz CT molecular complexity index is 343. The summed E-state index contributed by atoms with van der Waals surface area (Å²) < 4.78 is 8.68. The van der Waals surface area contributed by atoms with Crippen molar-refractivity contribution in [3.63, 3.8) is 0 Å². The minimum atomic E-state index is -0.0922. The van der Waals surface area contributed by atoms with E-state index < -0.39 is 0 Å². The Morgan fingerprint density at radius 2 is 2.24 bits per heavy atom. The highest BCUT2D eigenvalue weighted by Crippen LogP contribution is 2.10. The quantitative estimate of drug-likeness (QED) is 0.645. The van der Waals surface area contributed by atoms with Gasteiger partial charge in [0.1, 0.15) is 4.88 Å². The molecule has 1 aromatic rings. The van der Waals surface area contributed by atoms with Crippen LogP contribution in [0.2, 0.25) is 0 Å². The molecular formula is C10H18N4O2S. The molecule has 1 rings (SSSR count). The molecule has 0 saturated carbocycles. The number of aryl methyl sites for hydroxylation is 1. The van der Waals surface area contributed by atoms with E-state index in [-0.39, 0.29) is 5.91 Å². The van der Waals surface area contributed by atoms with Crippen LogP contribution in [0.3, 0.4) is 0 Å². The fourth-order valence-electron chi connectivity index (χ4n) is 1.26. The number of aromatic nitrogens is 2. The van der Waals surface area contributed by atoms with Crippen LogP contribution in [0.5, 0.6) is 0 Å². The van der Waals surface area contributed by atoms with E-state index >= 15 is 0 Å². The zero-order valence-electron chi connectivity index (χ0n) is 10.2. The summed E-state index contributed by atoms with van der Waals surface area (Å²) in [4.78, 5) is 12.4. The number of nitrogens with zero attached hydrogens (tertiary/aromatic N) is 2. The molecule has 0 radical (unpaired) electrons. The van der Waals surface area contributed by atoms with Crippen LogP contribution in [0.25, 0.3) is 0 Å². The maximum absolute atomic E-state index is 11.7. The molecule has 0 aliphatic carbocycles. The molecule has 7 heteroatoms. The number of amides is 1. The summed E-state index contributed by atoms with van der Waals surface area (Å²) in [7, 11) is 1.66. The van der Waals surface area contributed by atoms with Crippen LogP contribution in [-0.4, -0.2) is 48.8 Å². The first-order valence-corrected chi connectivity index (χ1v) is 6.36. The highest BCUT2D eigenvalue weighted by molar-refractivity contribution is 7.08. The molecule has 0 aliphatic rings. The summed E-state index contributed by atoms with van der Waals surface area (Å²) in [6.45, 7) is 4.73. The first-order chi connectivity index (χ1) is 8.29. The zero-order chi connectivity index (χ0) is 12.5. The van der Waals surface area contributed by atoms with E-state index in [9.17, 15) is 4.79 Å². The Morgan fingerprint density at radius 3 is 2.94 bits per heavy atom. The van der Waals surface area contributed by atoms with E-state index in [0.717, 1.165) is 36.7 Å². The van der Waals surface area contributed by atoms with Crippen molar-refractivity contribution in [2.24, 2.45) is 0 Å². The lowest BCUT2D eigenvalue weighted by Crippen LogP contribution is -2.33. The second-order valence-corrected chi connectivity index (χ2v) is 4.16. The average molecular weight is 258 g/mol. The molecule has 0 spiro atoms. The summed E-state index contributed by atoms with van der Waals surface area (Å²) in [5.41, 5.74) is 0.764. The van der Waals surface area contributed by atoms with Crippen molar-refractivity contribution in [2.45, 2.75) is 13.3 Å². The fourth-order valence-corrected chi connectivity index (χ4v) is 1.92. The van der Waals surface area contributed by atoms with Crippen LogP contribution in [0.1, 0.15) is 22.3 Å². The van der Waals surface area contributed by atoms with E-state index in [0.29, 0.717) is 18.0 Å². The van der Waals surface area contributed by atoms with E-state index in [1.165, 1.54) is 0 Å². The van der Waals surface area contributed by atoms with Gasteiger partial charge in [-0.2, -0.15) is 0 Å². The van der Waals surface area contributed by atoms with Gasteiger partial charge in [0, 0.05) is 26.7 Å². The Labute approximate surface area is 105 Å². The molecule has 0 saturated heterocycles. The molecular weight excluding hydrogens is 240 g/mol. The molecule has 0 fully saturated rings. The third kappa shape index (κ3) is 4.76.